The number of sulfonamides is 1. The van der Waals surface area contributed by atoms with Crippen LogP contribution in [0.25, 0.3) is 0 Å². The van der Waals surface area contributed by atoms with Crippen LogP contribution < -0.4 is 9.62 Å². The fraction of sp³-hybridized carbons (Fsp3) is 0.333. The number of nitrogens with one attached hydrogen (secondary N) is 1. The summed E-state index contributed by atoms with van der Waals surface area (Å²) >= 11 is 0. The number of nitrogens with zero attached hydrogens (tertiary/aromatic N) is 1. The summed E-state index contributed by atoms with van der Waals surface area (Å²) in [6, 6.07) is 3.07. The number of hydrogen-bond acceptors (Lipinski definition) is 4. The molecular formula is C12H14N2O5S. The van der Waals surface area contributed by atoms with Crippen molar-refractivity contribution in [3.8, 4) is 0 Å². The molecule has 0 fully saturated rings. The minimum Gasteiger partial charge on any atom is -0.480 e. The Bertz CT molecular complexity index is 683. The summed E-state index contributed by atoms with van der Waals surface area (Å²) in [5, 5.41) is 8.74. The quantitative estimate of drug-likeness (QED) is 0.811. The third-order valence-electron chi connectivity index (χ3n) is 3.14. The third kappa shape index (κ3) is 2.52. The molecule has 20 heavy (non-hydrogen) atoms. The number of anilines is 1. The minimum absolute atomic E-state index is 0.0487. The summed E-state index contributed by atoms with van der Waals surface area (Å²) in [5.41, 5.74) is 1.28. The first-order valence-corrected chi connectivity index (χ1v) is 7.35. The fourth-order valence-electron chi connectivity index (χ4n) is 1.96. The van der Waals surface area contributed by atoms with E-state index in [0.29, 0.717) is 11.3 Å². The van der Waals surface area contributed by atoms with Crippen LogP contribution in [0, 0.1) is 0 Å². The van der Waals surface area contributed by atoms with Crippen molar-refractivity contribution < 1.29 is 23.1 Å². The molecule has 0 radical (unpaired) electrons. The SMILES string of the molecule is CC(NS(=O)(=O)c1ccc2c(c1)CC(=O)N2C)C(=O)O. The van der Waals surface area contributed by atoms with Crippen molar-refractivity contribution in [2.24, 2.45) is 0 Å². The van der Waals surface area contributed by atoms with Crippen LogP contribution >= 0.6 is 0 Å². The molecule has 1 unspecified atom stereocenters. The van der Waals surface area contributed by atoms with Gasteiger partial charge in [0.15, 0.2) is 0 Å². The van der Waals surface area contributed by atoms with Crippen LogP contribution in [0.4, 0.5) is 5.69 Å². The highest BCUT2D eigenvalue weighted by molar-refractivity contribution is 7.89. The number of carbonyl (C=O) groups is 2. The zero-order valence-corrected chi connectivity index (χ0v) is 11.8. The first-order chi connectivity index (χ1) is 9.22. The number of aliphatic carboxylic acids is 1. The predicted octanol–water partition coefficient (Wildman–Crippen LogP) is -0.0431. The van der Waals surface area contributed by atoms with E-state index in [1.54, 1.807) is 13.1 Å². The molecule has 1 aliphatic heterocycles. The third-order valence-corrected chi connectivity index (χ3v) is 4.68. The largest absolute Gasteiger partial charge is 0.480 e. The van der Waals surface area contributed by atoms with Crippen molar-refractivity contribution in [1.82, 2.24) is 4.72 Å². The van der Waals surface area contributed by atoms with E-state index in [1.165, 1.54) is 24.0 Å². The van der Waals surface area contributed by atoms with Crippen LogP contribution in [0.15, 0.2) is 23.1 Å². The van der Waals surface area contributed by atoms with Crippen LogP contribution in [0.1, 0.15) is 12.5 Å². The highest BCUT2D eigenvalue weighted by Crippen LogP contribution is 2.29. The first-order valence-electron chi connectivity index (χ1n) is 5.87. The summed E-state index contributed by atoms with van der Waals surface area (Å²) in [6.45, 7) is 1.24. The molecule has 0 saturated carbocycles. The van der Waals surface area contributed by atoms with Gasteiger partial charge in [-0.1, -0.05) is 0 Å². The van der Waals surface area contributed by atoms with Gasteiger partial charge in [-0.25, -0.2) is 8.42 Å². The van der Waals surface area contributed by atoms with Crippen molar-refractivity contribution in [3.63, 3.8) is 0 Å². The molecule has 1 atom stereocenters. The van der Waals surface area contributed by atoms with Gasteiger partial charge in [-0.05, 0) is 30.7 Å². The lowest BCUT2D eigenvalue weighted by Crippen LogP contribution is -2.38. The Morgan fingerprint density at radius 3 is 2.70 bits per heavy atom. The van der Waals surface area contributed by atoms with E-state index in [4.69, 9.17) is 5.11 Å². The summed E-state index contributed by atoms with van der Waals surface area (Å²) in [4.78, 5) is 23.7. The Morgan fingerprint density at radius 1 is 1.45 bits per heavy atom. The lowest BCUT2D eigenvalue weighted by atomic mass is 10.2. The molecule has 0 spiro atoms. The average molecular weight is 298 g/mol. The zero-order valence-electron chi connectivity index (χ0n) is 11.0. The van der Waals surface area contributed by atoms with Crippen LogP contribution in [0.5, 0.6) is 0 Å². The van der Waals surface area contributed by atoms with Crippen molar-refractivity contribution in [1.29, 1.82) is 0 Å². The van der Waals surface area contributed by atoms with Crippen molar-refractivity contribution in [2.45, 2.75) is 24.3 Å². The van der Waals surface area contributed by atoms with Crippen molar-refractivity contribution >= 4 is 27.6 Å². The molecule has 1 aromatic rings. The zero-order chi connectivity index (χ0) is 15.1. The second-order valence-electron chi connectivity index (χ2n) is 4.60. The maximum Gasteiger partial charge on any atom is 0.321 e. The van der Waals surface area contributed by atoms with E-state index in [9.17, 15) is 18.0 Å². The summed E-state index contributed by atoms with van der Waals surface area (Å²) < 4.78 is 26.1. The number of likely N-dealkylation sites (N-methyl/N-ethyl adjacent to an activating group) is 1. The van der Waals surface area contributed by atoms with Gasteiger partial charge < -0.3 is 10.0 Å². The lowest BCUT2D eigenvalue weighted by molar-refractivity contribution is -0.138. The molecule has 1 heterocycles. The number of fused-ring (bicyclic) bond motifs is 1. The first kappa shape index (κ1) is 14.5. The van der Waals surface area contributed by atoms with E-state index in [0.717, 1.165) is 0 Å². The highest BCUT2D eigenvalue weighted by Gasteiger charge is 2.27. The Labute approximate surface area is 116 Å². The Balaban J connectivity index is 2.34. The summed E-state index contributed by atoms with van der Waals surface area (Å²) in [6.07, 6.45) is 0.143. The molecule has 1 amide bonds. The number of hydrogen-bond donors (Lipinski definition) is 2. The van der Waals surface area contributed by atoms with Gasteiger partial charge in [0.05, 0.1) is 11.3 Å². The summed E-state index contributed by atoms with van der Waals surface area (Å²) in [5.74, 6) is -1.37. The molecule has 1 aliphatic rings. The Morgan fingerprint density at radius 2 is 2.10 bits per heavy atom. The second kappa shape index (κ2) is 4.88. The number of carboxylic acid groups (broad SMARTS) is 1. The average Bonchev–Trinajstić information content (AvgIpc) is 2.64. The second-order valence-corrected chi connectivity index (χ2v) is 6.32. The molecular weight excluding hydrogens is 284 g/mol. The smallest absolute Gasteiger partial charge is 0.321 e. The van der Waals surface area contributed by atoms with E-state index in [2.05, 4.69) is 4.72 Å². The molecule has 7 nitrogen and oxygen atoms in total. The number of amides is 1. The number of rotatable bonds is 4. The molecule has 2 N–H and O–H groups in total. The topological polar surface area (TPSA) is 104 Å². The van der Waals surface area contributed by atoms with Gasteiger partial charge in [-0.3, -0.25) is 9.59 Å². The maximum absolute atomic E-state index is 12.0. The number of carbonyl (C=O) groups excluding carboxylic acids is 1. The van der Waals surface area contributed by atoms with Crippen LogP contribution in [0.3, 0.4) is 0 Å². The van der Waals surface area contributed by atoms with E-state index in [-0.39, 0.29) is 17.2 Å². The van der Waals surface area contributed by atoms with Gasteiger partial charge in [0, 0.05) is 12.7 Å². The van der Waals surface area contributed by atoms with Gasteiger partial charge in [0.1, 0.15) is 6.04 Å². The molecule has 0 saturated heterocycles. The normalized spacial score (nSPS) is 16.1. The molecule has 0 aliphatic carbocycles. The maximum atomic E-state index is 12.0. The van der Waals surface area contributed by atoms with Gasteiger partial charge in [-0.2, -0.15) is 4.72 Å². The molecule has 1 aromatic carbocycles. The van der Waals surface area contributed by atoms with E-state index < -0.39 is 22.0 Å². The van der Waals surface area contributed by atoms with Crippen LogP contribution in [0.2, 0.25) is 0 Å². The fourth-order valence-corrected chi connectivity index (χ4v) is 3.21. The summed E-state index contributed by atoms with van der Waals surface area (Å²) in [7, 11) is -2.30. The number of benzene rings is 1. The van der Waals surface area contributed by atoms with Crippen LogP contribution in [-0.2, 0) is 26.0 Å². The van der Waals surface area contributed by atoms with E-state index in [1.807, 2.05) is 0 Å². The van der Waals surface area contributed by atoms with E-state index >= 15 is 0 Å². The Kier molecular flexibility index (Phi) is 3.53. The van der Waals surface area contributed by atoms with Gasteiger partial charge >= 0.3 is 5.97 Å². The van der Waals surface area contributed by atoms with Crippen molar-refractivity contribution in [2.75, 3.05) is 11.9 Å². The molecule has 2 rings (SSSR count). The highest BCUT2D eigenvalue weighted by atomic mass is 32.2. The molecule has 108 valence electrons. The molecule has 0 bridgehead atoms. The number of carboxylic acids is 1. The predicted molar refractivity (Wildman–Crippen MR) is 71.0 cm³/mol. The van der Waals surface area contributed by atoms with Gasteiger partial charge in [-0.15, -0.1) is 0 Å². The monoisotopic (exact) mass is 298 g/mol. The van der Waals surface area contributed by atoms with Crippen LogP contribution in [-0.4, -0.2) is 38.5 Å². The van der Waals surface area contributed by atoms with Gasteiger partial charge in [0.2, 0.25) is 15.9 Å². The molecule has 8 heteroatoms. The standard InChI is InChI=1S/C12H14N2O5S/c1-7(12(16)17)13-20(18,19)9-3-4-10-8(5-9)6-11(15)14(10)2/h3-5,7,13H,6H2,1-2H3,(H,16,17). The van der Waals surface area contributed by atoms with Gasteiger partial charge in [0.25, 0.3) is 0 Å². The van der Waals surface area contributed by atoms with Crippen molar-refractivity contribution in [3.05, 3.63) is 23.8 Å². The lowest BCUT2D eigenvalue weighted by Gasteiger charge is -2.12. The minimum atomic E-state index is -3.92. The Hall–Kier alpha value is -1.93. The molecule has 0 aromatic heterocycles.